The Morgan fingerprint density at radius 1 is 1.08 bits per heavy atom. The number of aromatic nitrogens is 1. The number of para-hydroxylation sites is 1. The summed E-state index contributed by atoms with van der Waals surface area (Å²) in [6.07, 6.45) is 1.94. The molecule has 2 aromatic carbocycles. The van der Waals surface area contributed by atoms with Gasteiger partial charge in [-0.05, 0) is 23.8 Å². The number of benzene rings is 2. The second kappa shape index (κ2) is 7.44. The van der Waals surface area contributed by atoms with Crippen LogP contribution >= 0.6 is 15.9 Å². The minimum atomic E-state index is -0.815. The van der Waals surface area contributed by atoms with Crippen LogP contribution in [0.15, 0.2) is 65.3 Å². The average molecular weight is 398 g/mol. The number of primary amides is 1. The van der Waals surface area contributed by atoms with Gasteiger partial charge in [0.1, 0.15) is 6.04 Å². The Bertz CT molecular complexity index is 937. The maximum absolute atomic E-state index is 12.7. The van der Waals surface area contributed by atoms with Gasteiger partial charge < -0.3 is 11.1 Å². The van der Waals surface area contributed by atoms with E-state index >= 15 is 0 Å². The highest BCUT2D eigenvalue weighted by Gasteiger charge is 2.21. The van der Waals surface area contributed by atoms with Gasteiger partial charge >= 0.3 is 0 Å². The van der Waals surface area contributed by atoms with Crippen LogP contribution in [0.2, 0.25) is 0 Å². The van der Waals surface area contributed by atoms with Gasteiger partial charge in [0.05, 0.1) is 11.1 Å². The van der Waals surface area contributed by atoms with E-state index in [2.05, 4.69) is 26.2 Å². The third kappa shape index (κ3) is 3.85. The quantitative estimate of drug-likeness (QED) is 0.693. The zero-order chi connectivity index (χ0) is 17.8. The van der Waals surface area contributed by atoms with Crippen molar-refractivity contribution in [1.29, 1.82) is 0 Å². The molecule has 0 aliphatic carbocycles. The monoisotopic (exact) mass is 397 g/mol. The number of carbonyl (C=O) groups excluding carboxylic acids is 2. The molecule has 3 N–H and O–H groups in total. The first-order chi connectivity index (χ1) is 12.1. The first-order valence-corrected chi connectivity index (χ1v) is 8.53. The molecule has 0 saturated carbocycles. The van der Waals surface area contributed by atoms with Crippen LogP contribution in [0, 0.1) is 0 Å². The molecule has 25 heavy (non-hydrogen) atoms. The predicted octanol–water partition coefficient (Wildman–Crippen LogP) is 2.82. The molecule has 1 heterocycles. The van der Waals surface area contributed by atoms with Crippen LogP contribution in [-0.4, -0.2) is 22.8 Å². The maximum Gasteiger partial charge on any atom is 0.254 e. The van der Waals surface area contributed by atoms with E-state index in [0.29, 0.717) is 17.5 Å². The summed E-state index contributed by atoms with van der Waals surface area (Å²) in [4.78, 5) is 28.8. The van der Waals surface area contributed by atoms with E-state index in [1.54, 1.807) is 18.3 Å². The number of carbonyl (C=O) groups is 2. The molecule has 0 aliphatic heterocycles. The molecule has 3 rings (SSSR count). The smallest absolute Gasteiger partial charge is 0.254 e. The largest absolute Gasteiger partial charge is 0.368 e. The summed E-state index contributed by atoms with van der Waals surface area (Å²) in [5.74, 6) is -0.961. The summed E-state index contributed by atoms with van der Waals surface area (Å²) in [6.45, 7) is 0. The zero-order valence-electron chi connectivity index (χ0n) is 13.3. The van der Waals surface area contributed by atoms with E-state index in [1.165, 1.54) is 0 Å². The lowest BCUT2D eigenvalue weighted by molar-refractivity contribution is -0.119. The van der Waals surface area contributed by atoms with Crippen LogP contribution in [-0.2, 0) is 11.2 Å². The number of fused-ring (bicyclic) bond motifs is 1. The van der Waals surface area contributed by atoms with Crippen molar-refractivity contribution in [2.24, 2.45) is 5.73 Å². The van der Waals surface area contributed by atoms with Gasteiger partial charge in [0, 0.05) is 22.5 Å². The molecule has 3 aromatic rings. The third-order valence-corrected chi connectivity index (χ3v) is 4.68. The van der Waals surface area contributed by atoms with Crippen molar-refractivity contribution in [2.45, 2.75) is 12.5 Å². The molecule has 1 atom stereocenters. The molecule has 0 radical (unpaired) electrons. The molecular formula is C19H16BrN3O2. The van der Waals surface area contributed by atoms with Crippen LogP contribution in [0.1, 0.15) is 15.9 Å². The van der Waals surface area contributed by atoms with E-state index in [-0.39, 0.29) is 5.91 Å². The molecule has 0 saturated heterocycles. The van der Waals surface area contributed by atoms with Crippen LogP contribution in [0.5, 0.6) is 0 Å². The van der Waals surface area contributed by atoms with Crippen molar-refractivity contribution in [3.63, 3.8) is 0 Å². The fourth-order valence-corrected chi connectivity index (χ4v) is 3.08. The molecule has 0 bridgehead atoms. The van der Waals surface area contributed by atoms with Gasteiger partial charge in [-0.3, -0.25) is 14.6 Å². The van der Waals surface area contributed by atoms with Crippen molar-refractivity contribution in [1.82, 2.24) is 10.3 Å². The van der Waals surface area contributed by atoms with Crippen molar-refractivity contribution >= 4 is 38.6 Å². The summed E-state index contributed by atoms with van der Waals surface area (Å²) < 4.78 is 0.863. The van der Waals surface area contributed by atoms with Gasteiger partial charge in [-0.1, -0.05) is 52.3 Å². The molecule has 5 nitrogen and oxygen atoms in total. The van der Waals surface area contributed by atoms with E-state index in [4.69, 9.17) is 5.73 Å². The topological polar surface area (TPSA) is 85.1 Å². The molecule has 0 aliphatic rings. The zero-order valence-corrected chi connectivity index (χ0v) is 14.9. The van der Waals surface area contributed by atoms with Crippen molar-refractivity contribution in [3.05, 3.63) is 76.4 Å². The lowest BCUT2D eigenvalue weighted by Crippen LogP contribution is -2.46. The summed E-state index contributed by atoms with van der Waals surface area (Å²) >= 11 is 3.44. The molecule has 6 heteroatoms. The Hall–Kier alpha value is -2.73. The SMILES string of the molecule is NC(=O)[C@H](Cc1ccccc1Br)NC(=O)c1cccc2cccnc12. The Balaban J connectivity index is 1.86. The van der Waals surface area contributed by atoms with Crippen LogP contribution in [0.3, 0.4) is 0 Å². The second-order valence-corrected chi connectivity index (χ2v) is 6.46. The van der Waals surface area contributed by atoms with Gasteiger partial charge in [-0.2, -0.15) is 0 Å². The molecule has 0 fully saturated rings. The van der Waals surface area contributed by atoms with Crippen LogP contribution < -0.4 is 11.1 Å². The second-order valence-electron chi connectivity index (χ2n) is 5.60. The molecule has 126 valence electrons. The van der Waals surface area contributed by atoms with Crippen molar-refractivity contribution in [3.8, 4) is 0 Å². The van der Waals surface area contributed by atoms with Gasteiger partial charge in [-0.15, -0.1) is 0 Å². The number of pyridine rings is 1. The lowest BCUT2D eigenvalue weighted by Gasteiger charge is -2.17. The first kappa shape index (κ1) is 17.1. The van der Waals surface area contributed by atoms with Crippen LogP contribution in [0.4, 0.5) is 0 Å². The molecule has 2 amide bonds. The first-order valence-electron chi connectivity index (χ1n) is 7.73. The predicted molar refractivity (Wildman–Crippen MR) is 100 cm³/mol. The highest BCUT2D eigenvalue weighted by Crippen LogP contribution is 2.19. The van der Waals surface area contributed by atoms with E-state index in [0.717, 1.165) is 15.4 Å². The number of halogens is 1. The Morgan fingerprint density at radius 2 is 1.84 bits per heavy atom. The van der Waals surface area contributed by atoms with E-state index < -0.39 is 11.9 Å². The molecular weight excluding hydrogens is 382 g/mol. The van der Waals surface area contributed by atoms with Crippen molar-refractivity contribution < 1.29 is 9.59 Å². The summed E-state index contributed by atoms with van der Waals surface area (Å²) in [6, 6.07) is 15.7. The summed E-state index contributed by atoms with van der Waals surface area (Å²) in [5.41, 5.74) is 7.38. The minimum absolute atomic E-state index is 0.306. The summed E-state index contributed by atoms with van der Waals surface area (Å²) in [5, 5.41) is 3.58. The number of nitrogens with two attached hydrogens (primary N) is 1. The standard InChI is InChI=1S/C19H16BrN3O2/c20-15-9-2-1-5-13(15)11-16(18(21)24)23-19(25)14-8-3-6-12-7-4-10-22-17(12)14/h1-10,16H,11H2,(H2,21,24)(H,23,25)/t16-/m0/s1. The van der Waals surface area contributed by atoms with Crippen molar-refractivity contribution in [2.75, 3.05) is 0 Å². The number of amides is 2. The normalized spacial score (nSPS) is 11.9. The lowest BCUT2D eigenvalue weighted by atomic mass is 10.0. The number of hydrogen-bond donors (Lipinski definition) is 2. The van der Waals surface area contributed by atoms with Gasteiger partial charge in [-0.25, -0.2) is 0 Å². The van der Waals surface area contributed by atoms with Gasteiger partial charge in [0.2, 0.25) is 5.91 Å². The Kier molecular flexibility index (Phi) is 5.09. The highest BCUT2D eigenvalue weighted by molar-refractivity contribution is 9.10. The number of nitrogens with zero attached hydrogens (tertiary/aromatic N) is 1. The molecule has 0 spiro atoms. The maximum atomic E-state index is 12.7. The van der Waals surface area contributed by atoms with Crippen LogP contribution in [0.25, 0.3) is 10.9 Å². The Morgan fingerprint density at radius 3 is 2.60 bits per heavy atom. The number of rotatable bonds is 5. The number of hydrogen-bond acceptors (Lipinski definition) is 3. The molecule has 1 aromatic heterocycles. The molecule has 0 unspecified atom stereocenters. The third-order valence-electron chi connectivity index (χ3n) is 3.91. The Labute approximate surface area is 153 Å². The minimum Gasteiger partial charge on any atom is -0.368 e. The van der Waals surface area contributed by atoms with E-state index in [9.17, 15) is 9.59 Å². The summed E-state index contributed by atoms with van der Waals surface area (Å²) in [7, 11) is 0. The van der Waals surface area contributed by atoms with Gasteiger partial charge in [0.25, 0.3) is 5.91 Å². The average Bonchev–Trinajstić information content (AvgIpc) is 2.62. The number of nitrogens with one attached hydrogen (secondary N) is 1. The van der Waals surface area contributed by atoms with Gasteiger partial charge in [0.15, 0.2) is 0 Å². The fraction of sp³-hybridized carbons (Fsp3) is 0.105. The fourth-order valence-electron chi connectivity index (χ4n) is 2.63. The van der Waals surface area contributed by atoms with E-state index in [1.807, 2.05) is 42.5 Å². The highest BCUT2D eigenvalue weighted by atomic mass is 79.9.